The molecule has 0 saturated carbocycles. The number of nitrogens with zero attached hydrogens (tertiary/aromatic N) is 2. The summed E-state index contributed by atoms with van der Waals surface area (Å²) in [5, 5.41) is 0. The number of sulfone groups is 1. The highest BCUT2D eigenvalue weighted by Crippen LogP contribution is 2.32. The van der Waals surface area contributed by atoms with E-state index in [-0.39, 0.29) is 18.9 Å². The molecule has 172 valence electrons. The third-order valence-corrected chi connectivity index (χ3v) is 6.35. The molecule has 2 fully saturated rings. The molecule has 1 aromatic rings. The smallest absolute Gasteiger partial charge is 0.369 e. The Morgan fingerprint density at radius 2 is 1.73 bits per heavy atom. The van der Waals surface area contributed by atoms with E-state index in [2.05, 4.69) is 23.6 Å². The van der Waals surface area contributed by atoms with Crippen LogP contribution in [0.1, 0.15) is 33.1 Å². The molecule has 2 saturated heterocycles. The first-order chi connectivity index (χ1) is 14.0. The summed E-state index contributed by atoms with van der Waals surface area (Å²) in [6, 6.07) is 6.93. The maximum absolute atomic E-state index is 12.7. The molecular weight excluding hydrogens is 417 g/mol. The molecule has 0 radical (unpaired) electrons. The van der Waals surface area contributed by atoms with Gasteiger partial charge in [0.1, 0.15) is 0 Å². The van der Waals surface area contributed by atoms with Gasteiger partial charge in [-0.3, -0.25) is 4.90 Å². The average molecular weight is 451 g/mol. The minimum atomic E-state index is -4.27. The summed E-state index contributed by atoms with van der Waals surface area (Å²) >= 11 is 0. The van der Waals surface area contributed by atoms with Gasteiger partial charge in [-0.1, -0.05) is 26.3 Å². The van der Waals surface area contributed by atoms with Gasteiger partial charge in [0.25, 0.3) is 0 Å². The molecule has 0 N–H and O–H groups in total. The second kappa shape index (κ2) is 10.8. The van der Waals surface area contributed by atoms with Crippen molar-refractivity contribution in [3.8, 4) is 0 Å². The van der Waals surface area contributed by atoms with Gasteiger partial charge in [-0.25, -0.2) is 8.42 Å². The average Bonchev–Trinajstić information content (AvgIpc) is 2.68. The minimum absolute atomic E-state index is 0.0341. The van der Waals surface area contributed by atoms with Crippen LogP contribution < -0.4 is 4.90 Å². The lowest BCUT2D eigenvalue weighted by molar-refractivity contribution is -0.236. The van der Waals surface area contributed by atoms with Crippen LogP contribution in [0.4, 0.5) is 18.9 Å². The number of rotatable bonds is 4. The number of halogens is 3. The number of alkyl halides is 3. The molecule has 30 heavy (non-hydrogen) atoms. The summed E-state index contributed by atoms with van der Waals surface area (Å²) in [7, 11) is -3.24. The van der Waals surface area contributed by atoms with Gasteiger partial charge in [0, 0.05) is 44.7 Å². The molecular formula is C21H33F3N2O3S. The maximum Gasteiger partial charge on any atom is 0.414 e. The normalized spacial score (nSPS) is 23.6. The zero-order valence-corrected chi connectivity index (χ0v) is 18.8. The van der Waals surface area contributed by atoms with E-state index in [1.54, 1.807) is 18.2 Å². The van der Waals surface area contributed by atoms with Crippen LogP contribution in [0.2, 0.25) is 0 Å². The standard InChI is InChI=1S/C18H25F3N2O3S.C3H8/c1-27(24,25)16-4-2-3-15(11-16)23-9-7-22(8-10-23)12-14-5-6-17(26-13-14)18(19,20)21;1-3-2/h2-4,11,14,17H,5-10,12-13H2,1H3;3H2,1-2H3/t14-,17-;/m0./s1. The van der Waals surface area contributed by atoms with Crippen molar-refractivity contribution < 1.29 is 26.3 Å². The van der Waals surface area contributed by atoms with Crippen LogP contribution in [0.5, 0.6) is 0 Å². The quantitative estimate of drug-likeness (QED) is 0.694. The Balaban J connectivity index is 0.00000101. The number of hydrogen-bond donors (Lipinski definition) is 0. The van der Waals surface area contributed by atoms with Crippen LogP contribution in [0.15, 0.2) is 29.2 Å². The van der Waals surface area contributed by atoms with Crippen LogP contribution in [0.3, 0.4) is 0 Å². The molecule has 2 aliphatic rings. The summed E-state index contributed by atoms with van der Waals surface area (Å²) in [6.45, 7) is 8.24. The van der Waals surface area contributed by atoms with Crippen LogP contribution in [0.25, 0.3) is 0 Å². The van der Waals surface area contributed by atoms with Gasteiger partial charge in [-0.05, 0) is 37.0 Å². The summed E-state index contributed by atoms with van der Waals surface area (Å²) < 4.78 is 66.4. The lowest BCUT2D eigenvalue weighted by atomic mass is 9.97. The van der Waals surface area contributed by atoms with Crippen LogP contribution >= 0.6 is 0 Å². The van der Waals surface area contributed by atoms with E-state index in [9.17, 15) is 21.6 Å². The fourth-order valence-corrected chi connectivity index (χ4v) is 4.33. The van der Waals surface area contributed by atoms with Gasteiger partial charge in [0.15, 0.2) is 15.9 Å². The summed E-state index contributed by atoms with van der Waals surface area (Å²) in [4.78, 5) is 4.70. The Morgan fingerprint density at radius 3 is 2.23 bits per heavy atom. The molecule has 0 spiro atoms. The van der Waals surface area contributed by atoms with Crippen molar-refractivity contribution >= 4 is 15.5 Å². The first kappa shape index (κ1) is 24.9. The Bertz CT molecular complexity index is 755. The van der Waals surface area contributed by atoms with Crippen molar-refractivity contribution in [2.75, 3.05) is 50.5 Å². The number of piperazine rings is 1. The monoisotopic (exact) mass is 450 g/mol. The van der Waals surface area contributed by atoms with Crippen molar-refractivity contribution in [1.82, 2.24) is 4.90 Å². The third kappa shape index (κ3) is 7.42. The van der Waals surface area contributed by atoms with Crippen molar-refractivity contribution in [2.45, 2.75) is 50.3 Å². The van der Waals surface area contributed by atoms with E-state index in [1.165, 1.54) is 12.7 Å². The van der Waals surface area contributed by atoms with Crippen LogP contribution in [-0.4, -0.2) is 71.2 Å². The topological polar surface area (TPSA) is 49.9 Å². The molecule has 0 bridgehead atoms. The van der Waals surface area contributed by atoms with Crippen LogP contribution in [-0.2, 0) is 14.6 Å². The highest BCUT2D eigenvalue weighted by Gasteiger charge is 2.43. The number of hydrogen-bond acceptors (Lipinski definition) is 5. The van der Waals surface area contributed by atoms with Gasteiger partial charge in [0.2, 0.25) is 0 Å². The zero-order chi connectivity index (χ0) is 22.4. The lowest BCUT2D eigenvalue weighted by Gasteiger charge is -2.39. The Morgan fingerprint density at radius 1 is 1.10 bits per heavy atom. The van der Waals surface area contributed by atoms with Crippen molar-refractivity contribution in [2.24, 2.45) is 5.92 Å². The van der Waals surface area contributed by atoms with Gasteiger partial charge in [-0.2, -0.15) is 13.2 Å². The summed E-state index contributed by atoms with van der Waals surface area (Å²) in [5.41, 5.74) is 0.881. The minimum Gasteiger partial charge on any atom is -0.369 e. The van der Waals surface area contributed by atoms with E-state index in [4.69, 9.17) is 4.74 Å². The SMILES string of the molecule is CCC.CS(=O)(=O)c1cccc(N2CCN(C[C@@H]3CC[C@@H](C(F)(F)F)OC3)CC2)c1. The van der Waals surface area contributed by atoms with E-state index in [1.807, 2.05) is 6.07 Å². The van der Waals surface area contributed by atoms with Gasteiger partial charge in [-0.15, -0.1) is 0 Å². The predicted molar refractivity (Wildman–Crippen MR) is 113 cm³/mol. The van der Waals surface area contributed by atoms with E-state index in [0.717, 1.165) is 38.4 Å². The molecule has 5 nitrogen and oxygen atoms in total. The Hall–Kier alpha value is -1.32. The van der Waals surface area contributed by atoms with Crippen molar-refractivity contribution in [3.63, 3.8) is 0 Å². The molecule has 0 aliphatic carbocycles. The largest absolute Gasteiger partial charge is 0.414 e. The molecule has 2 atom stereocenters. The van der Waals surface area contributed by atoms with Crippen LogP contribution in [0, 0.1) is 5.92 Å². The molecule has 3 rings (SSSR count). The van der Waals surface area contributed by atoms with Gasteiger partial charge >= 0.3 is 6.18 Å². The zero-order valence-electron chi connectivity index (χ0n) is 18.0. The Kier molecular flexibility index (Phi) is 8.99. The highest BCUT2D eigenvalue weighted by atomic mass is 32.2. The van der Waals surface area contributed by atoms with E-state index >= 15 is 0 Å². The molecule has 0 amide bonds. The number of benzene rings is 1. The highest BCUT2D eigenvalue weighted by molar-refractivity contribution is 7.90. The van der Waals surface area contributed by atoms with Crippen molar-refractivity contribution in [3.05, 3.63) is 24.3 Å². The first-order valence-corrected chi connectivity index (χ1v) is 12.4. The molecule has 2 aliphatic heterocycles. The molecule has 0 unspecified atom stereocenters. The summed E-state index contributed by atoms with van der Waals surface area (Å²) in [6.07, 6.45) is -2.88. The first-order valence-electron chi connectivity index (χ1n) is 10.5. The second-order valence-corrected chi connectivity index (χ2v) is 10.1. The van der Waals surface area contributed by atoms with E-state index < -0.39 is 22.1 Å². The molecule has 1 aromatic carbocycles. The molecule has 2 heterocycles. The second-order valence-electron chi connectivity index (χ2n) is 8.07. The maximum atomic E-state index is 12.7. The van der Waals surface area contributed by atoms with Gasteiger partial charge < -0.3 is 9.64 Å². The molecule has 9 heteroatoms. The third-order valence-electron chi connectivity index (χ3n) is 5.23. The Labute approximate surface area is 178 Å². The lowest BCUT2D eigenvalue weighted by Crippen LogP contribution is -2.49. The van der Waals surface area contributed by atoms with E-state index in [0.29, 0.717) is 11.3 Å². The summed E-state index contributed by atoms with van der Waals surface area (Å²) in [5.74, 6) is 0.128. The number of anilines is 1. The fraction of sp³-hybridized carbons (Fsp3) is 0.714. The number of ether oxygens (including phenoxy) is 1. The molecule has 0 aromatic heterocycles. The fourth-order valence-electron chi connectivity index (χ4n) is 3.67. The van der Waals surface area contributed by atoms with Crippen molar-refractivity contribution in [1.29, 1.82) is 0 Å². The predicted octanol–water partition coefficient (Wildman–Crippen LogP) is 3.99. The van der Waals surface area contributed by atoms with Gasteiger partial charge in [0.05, 0.1) is 11.5 Å².